The van der Waals surface area contributed by atoms with Crippen molar-refractivity contribution < 1.29 is 14.3 Å². The molecule has 0 spiro atoms. The number of carbonyl (C=O) groups excluding carboxylic acids is 1. The SMILES string of the molecule is CCOc1cc(C)c(-c2cc(Cl)nc(N)n2)cc1C(=O)OC. The maximum Gasteiger partial charge on any atom is 0.341 e. The lowest BCUT2D eigenvalue weighted by atomic mass is 10.0. The maximum atomic E-state index is 12.0. The van der Waals surface area contributed by atoms with Gasteiger partial charge in [0.2, 0.25) is 5.95 Å². The molecule has 116 valence electrons. The number of nitrogen functional groups attached to an aromatic ring is 1. The number of benzene rings is 1. The quantitative estimate of drug-likeness (QED) is 0.688. The van der Waals surface area contributed by atoms with Gasteiger partial charge in [0.15, 0.2) is 0 Å². The van der Waals surface area contributed by atoms with Gasteiger partial charge in [-0.1, -0.05) is 11.6 Å². The van der Waals surface area contributed by atoms with E-state index in [2.05, 4.69) is 9.97 Å². The van der Waals surface area contributed by atoms with Gasteiger partial charge in [-0.15, -0.1) is 0 Å². The third kappa shape index (κ3) is 3.28. The maximum absolute atomic E-state index is 12.0. The highest BCUT2D eigenvalue weighted by atomic mass is 35.5. The smallest absolute Gasteiger partial charge is 0.341 e. The van der Waals surface area contributed by atoms with Crippen LogP contribution in [0.2, 0.25) is 5.15 Å². The van der Waals surface area contributed by atoms with Crippen LogP contribution in [0.25, 0.3) is 11.3 Å². The number of nitrogens with zero attached hydrogens (tertiary/aromatic N) is 2. The predicted molar refractivity (Wildman–Crippen MR) is 84.1 cm³/mol. The van der Waals surface area contributed by atoms with E-state index in [1.165, 1.54) is 7.11 Å². The molecular weight excluding hydrogens is 306 g/mol. The summed E-state index contributed by atoms with van der Waals surface area (Å²) in [5.74, 6) is 0.0388. The molecule has 1 aromatic heterocycles. The molecule has 0 atom stereocenters. The number of aromatic nitrogens is 2. The largest absolute Gasteiger partial charge is 0.493 e. The number of anilines is 1. The molecule has 0 bridgehead atoms. The van der Waals surface area contributed by atoms with Gasteiger partial charge in [-0.25, -0.2) is 14.8 Å². The fourth-order valence-corrected chi connectivity index (χ4v) is 2.26. The summed E-state index contributed by atoms with van der Waals surface area (Å²) in [5, 5.41) is 0.232. The fourth-order valence-electron chi connectivity index (χ4n) is 2.07. The molecule has 7 heteroatoms. The molecule has 0 amide bonds. The molecule has 22 heavy (non-hydrogen) atoms. The van der Waals surface area contributed by atoms with Crippen LogP contribution in [0.3, 0.4) is 0 Å². The van der Waals surface area contributed by atoms with E-state index < -0.39 is 5.97 Å². The predicted octanol–water partition coefficient (Wildman–Crippen LogP) is 2.87. The van der Waals surface area contributed by atoms with Crippen LogP contribution < -0.4 is 10.5 Å². The Morgan fingerprint density at radius 3 is 2.64 bits per heavy atom. The van der Waals surface area contributed by atoms with Crippen LogP contribution in [0, 0.1) is 6.92 Å². The number of aryl methyl sites for hydroxylation is 1. The number of carbonyl (C=O) groups is 1. The van der Waals surface area contributed by atoms with Crippen LogP contribution in [0.5, 0.6) is 5.75 Å². The molecule has 2 N–H and O–H groups in total. The lowest BCUT2D eigenvalue weighted by molar-refractivity contribution is 0.0596. The number of ether oxygens (including phenoxy) is 2. The van der Waals surface area contributed by atoms with Crippen LogP contribution in [0.4, 0.5) is 5.95 Å². The molecule has 1 heterocycles. The molecule has 0 aliphatic rings. The Hall–Kier alpha value is -2.34. The highest BCUT2D eigenvalue weighted by Crippen LogP contribution is 2.31. The summed E-state index contributed by atoms with van der Waals surface area (Å²) < 4.78 is 10.3. The first-order chi connectivity index (χ1) is 10.5. The van der Waals surface area contributed by atoms with Crippen LogP contribution in [-0.2, 0) is 4.74 Å². The summed E-state index contributed by atoms with van der Waals surface area (Å²) in [6.45, 7) is 4.16. The number of esters is 1. The van der Waals surface area contributed by atoms with Crippen LogP contribution in [0.15, 0.2) is 18.2 Å². The van der Waals surface area contributed by atoms with E-state index >= 15 is 0 Å². The van der Waals surface area contributed by atoms with Crippen molar-refractivity contribution in [3.63, 3.8) is 0 Å². The van der Waals surface area contributed by atoms with Gasteiger partial charge in [0.25, 0.3) is 0 Å². The fraction of sp³-hybridized carbons (Fsp3) is 0.267. The molecule has 0 unspecified atom stereocenters. The van der Waals surface area contributed by atoms with Crippen molar-refractivity contribution in [3.05, 3.63) is 34.5 Å². The van der Waals surface area contributed by atoms with Gasteiger partial charge in [0.1, 0.15) is 16.5 Å². The van der Waals surface area contributed by atoms with Crippen molar-refractivity contribution in [2.45, 2.75) is 13.8 Å². The van der Waals surface area contributed by atoms with Crippen LogP contribution >= 0.6 is 11.6 Å². The Kier molecular flexibility index (Phi) is 4.82. The number of hydrogen-bond acceptors (Lipinski definition) is 6. The number of rotatable bonds is 4. The van der Waals surface area contributed by atoms with Crippen molar-refractivity contribution in [1.82, 2.24) is 9.97 Å². The van der Waals surface area contributed by atoms with Crippen molar-refractivity contribution in [1.29, 1.82) is 0 Å². The third-order valence-corrected chi connectivity index (χ3v) is 3.21. The van der Waals surface area contributed by atoms with Gasteiger partial charge in [-0.05, 0) is 31.5 Å². The summed E-state index contributed by atoms with van der Waals surface area (Å²) in [4.78, 5) is 19.9. The Balaban J connectivity index is 2.63. The van der Waals surface area contributed by atoms with E-state index in [4.69, 9.17) is 26.8 Å². The molecule has 0 saturated heterocycles. The average Bonchev–Trinajstić information content (AvgIpc) is 2.46. The molecule has 0 fully saturated rings. The summed E-state index contributed by atoms with van der Waals surface area (Å²) in [7, 11) is 1.32. The van der Waals surface area contributed by atoms with Gasteiger partial charge in [-0.2, -0.15) is 0 Å². The minimum atomic E-state index is -0.488. The van der Waals surface area contributed by atoms with Crippen molar-refractivity contribution in [2.24, 2.45) is 0 Å². The first kappa shape index (κ1) is 16.0. The zero-order chi connectivity index (χ0) is 16.3. The summed E-state index contributed by atoms with van der Waals surface area (Å²) >= 11 is 5.92. The minimum Gasteiger partial charge on any atom is -0.493 e. The Bertz CT molecular complexity index is 699. The lowest BCUT2D eigenvalue weighted by Crippen LogP contribution is -2.07. The number of nitrogens with two attached hydrogens (primary N) is 1. The highest BCUT2D eigenvalue weighted by molar-refractivity contribution is 6.29. The third-order valence-electron chi connectivity index (χ3n) is 3.02. The second-order valence-corrected chi connectivity index (χ2v) is 4.91. The molecule has 6 nitrogen and oxygen atoms in total. The van der Waals surface area contributed by atoms with Gasteiger partial charge >= 0.3 is 5.97 Å². The monoisotopic (exact) mass is 321 g/mol. The number of methoxy groups -OCH3 is 1. The van der Waals surface area contributed by atoms with Crippen molar-refractivity contribution in [2.75, 3.05) is 19.5 Å². The second kappa shape index (κ2) is 6.62. The Labute approximate surface area is 133 Å². The van der Waals surface area contributed by atoms with Crippen molar-refractivity contribution in [3.8, 4) is 17.0 Å². The minimum absolute atomic E-state index is 0.0652. The molecule has 0 saturated carbocycles. The second-order valence-electron chi connectivity index (χ2n) is 4.52. The average molecular weight is 322 g/mol. The molecule has 0 aliphatic heterocycles. The molecule has 1 aromatic carbocycles. The normalized spacial score (nSPS) is 10.4. The van der Waals surface area contributed by atoms with Crippen LogP contribution in [0.1, 0.15) is 22.8 Å². The lowest BCUT2D eigenvalue weighted by Gasteiger charge is -2.13. The summed E-state index contributed by atoms with van der Waals surface area (Å²) in [6, 6.07) is 5.00. The van der Waals surface area contributed by atoms with E-state index in [1.54, 1.807) is 18.2 Å². The van der Waals surface area contributed by atoms with Gasteiger partial charge in [0, 0.05) is 11.6 Å². The number of hydrogen-bond donors (Lipinski definition) is 1. The summed E-state index contributed by atoms with van der Waals surface area (Å²) in [6.07, 6.45) is 0. The van der Waals surface area contributed by atoms with E-state index in [0.717, 1.165) is 5.56 Å². The molecule has 0 radical (unpaired) electrons. The molecule has 2 rings (SSSR count). The zero-order valence-corrected chi connectivity index (χ0v) is 13.3. The number of halogens is 1. The molecular formula is C15H16ClN3O3. The van der Waals surface area contributed by atoms with Crippen LogP contribution in [-0.4, -0.2) is 29.7 Å². The summed E-state index contributed by atoms with van der Waals surface area (Å²) in [5.41, 5.74) is 8.05. The Morgan fingerprint density at radius 2 is 2.05 bits per heavy atom. The molecule has 0 aliphatic carbocycles. The first-order valence-corrected chi connectivity index (χ1v) is 7.00. The molecule has 2 aromatic rings. The van der Waals surface area contributed by atoms with E-state index in [1.807, 2.05) is 13.8 Å². The topological polar surface area (TPSA) is 87.3 Å². The zero-order valence-electron chi connectivity index (χ0n) is 12.5. The van der Waals surface area contributed by atoms with Gasteiger partial charge < -0.3 is 15.2 Å². The van der Waals surface area contributed by atoms with E-state index in [0.29, 0.717) is 29.2 Å². The first-order valence-electron chi connectivity index (χ1n) is 6.62. The standard InChI is InChI=1S/C15H16ClN3O3/c1-4-22-12-5-8(2)9(6-10(12)14(20)21-3)11-7-13(16)19-15(17)18-11/h5-7H,4H2,1-3H3,(H2,17,18,19). The van der Waals surface area contributed by atoms with Gasteiger partial charge in [0.05, 0.1) is 19.4 Å². The Morgan fingerprint density at radius 1 is 1.32 bits per heavy atom. The highest BCUT2D eigenvalue weighted by Gasteiger charge is 2.18. The van der Waals surface area contributed by atoms with Gasteiger partial charge in [-0.3, -0.25) is 0 Å². The van der Waals surface area contributed by atoms with E-state index in [-0.39, 0.29) is 11.1 Å². The van der Waals surface area contributed by atoms with Crippen molar-refractivity contribution >= 4 is 23.5 Å². The van der Waals surface area contributed by atoms with E-state index in [9.17, 15) is 4.79 Å².